The lowest BCUT2D eigenvalue weighted by molar-refractivity contribution is 0.0935. The average molecular weight is 308 g/mol. The van der Waals surface area contributed by atoms with Gasteiger partial charge >= 0.3 is 0 Å². The molecule has 1 aliphatic heterocycles. The van der Waals surface area contributed by atoms with Gasteiger partial charge in [0.1, 0.15) is 5.69 Å². The van der Waals surface area contributed by atoms with Crippen LogP contribution in [0.1, 0.15) is 36.8 Å². The first-order chi connectivity index (χ1) is 11.3. The molecule has 2 aliphatic rings. The maximum absolute atomic E-state index is 5.64. The minimum absolute atomic E-state index is 0.263. The molecule has 23 heavy (non-hydrogen) atoms. The van der Waals surface area contributed by atoms with Gasteiger partial charge in [-0.2, -0.15) is 0 Å². The van der Waals surface area contributed by atoms with Gasteiger partial charge < -0.3 is 4.74 Å². The zero-order valence-corrected chi connectivity index (χ0v) is 13.3. The second kappa shape index (κ2) is 6.13. The summed E-state index contributed by atoms with van der Waals surface area (Å²) < 4.78 is 7.50. The van der Waals surface area contributed by atoms with Crippen LogP contribution in [0.15, 0.2) is 18.5 Å². The van der Waals surface area contributed by atoms with Gasteiger partial charge in [0.05, 0.1) is 24.5 Å². The minimum Gasteiger partial charge on any atom is -0.376 e. The molecule has 3 heterocycles. The first kappa shape index (κ1) is 14.4. The van der Waals surface area contributed by atoms with Gasteiger partial charge in [0.15, 0.2) is 0 Å². The normalized spacial score (nSPS) is 20.3. The molecule has 0 bridgehead atoms. The second-order valence-electron chi connectivity index (χ2n) is 6.39. The van der Waals surface area contributed by atoms with Gasteiger partial charge in [-0.15, -0.1) is 5.10 Å². The highest BCUT2D eigenvalue weighted by Gasteiger charge is 2.18. The van der Waals surface area contributed by atoms with Crippen molar-refractivity contribution in [2.75, 3.05) is 6.61 Å². The maximum Gasteiger partial charge on any atom is 0.131 e. The Labute approximate surface area is 136 Å². The molecule has 5 nitrogen and oxygen atoms in total. The van der Waals surface area contributed by atoms with E-state index in [4.69, 9.17) is 4.74 Å². The molecule has 4 rings (SSSR count). The summed E-state index contributed by atoms with van der Waals surface area (Å²) in [4.78, 5) is 4.54. The molecule has 2 aromatic heterocycles. The molecule has 0 N–H and O–H groups in total. The summed E-state index contributed by atoms with van der Waals surface area (Å²) in [6, 6.07) is 2.08. The van der Waals surface area contributed by atoms with E-state index in [0.29, 0.717) is 5.92 Å². The Morgan fingerprint density at radius 3 is 3.00 bits per heavy atom. The smallest absolute Gasteiger partial charge is 0.131 e. The fraction of sp³-hybridized carbons (Fsp3) is 0.500. The molecule has 0 spiro atoms. The number of hydrogen-bond acceptors (Lipinski definition) is 4. The van der Waals surface area contributed by atoms with Gasteiger partial charge in [0, 0.05) is 24.3 Å². The summed E-state index contributed by atoms with van der Waals surface area (Å²) in [5, 5.41) is 8.47. The van der Waals surface area contributed by atoms with Crippen molar-refractivity contribution in [3.05, 3.63) is 29.6 Å². The number of hydrogen-bond donors (Lipinski definition) is 0. The molecule has 1 unspecified atom stereocenters. The van der Waals surface area contributed by atoms with Crippen LogP contribution >= 0.6 is 0 Å². The largest absolute Gasteiger partial charge is 0.376 e. The first-order valence-corrected chi connectivity index (χ1v) is 8.28. The van der Waals surface area contributed by atoms with Crippen LogP contribution in [0.2, 0.25) is 0 Å². The SMILES string of the molecule is Cc1cc(C#CC2CC2)cnc1-c1cn(CC2CCCO2)nn1. The van der Waals surface area contributed by atoms with Crippen LogP contribution in [0.3, 0.4) is 0 Å². The van der Waals surface area contributed by atoms with E-state index in [0.717, 1.165) is 48.5 Å². The molecule has 5 heteroatoms. The number of nitrogens with zero attached hydrogens (tertiary/aromatic N) is 4. The minimum atomic E-state index is 0.263. The molecular formula is C18H20N4O. The molecule has 1 saturated carbocycles. The monoisotopic (exact) mass is 308 g/mol. The number of aromatic nitrogens is 4. The zero-order valence-electron chi connectivity index (χ0n) is 13.3. The molecule has 1 saturated heterocycles. The lowest BCUT2D eigenvalue weighted by Crippen LogP contribution is -2.15. The Kier molecular flexibility index (Phi) is 3.84. The number of rotatable bonds is 3. The van der Waals surface area contributed by atoms with E-state index < -0.39 is 0 Å². The van der Waals surface area contributed by atoms with Gasteiger partial charge in [-0.05, 0) is 44.2 Å². The third kappa shape index (κ3) is 3.43. The Bertz CT molecular complexity index is 761. The molecule has 0 radical (unpaired) electrons. The summed E-state index contributed by atoms with van der Waals surface area (Å²) in [6.45, 7) is 3.66. The van der Waals surface area contributed by atoms with E-state index in [2.05, 4.69) is 33.2 Å². The lowest BCUT2D eigenvalue weighted by atomic mass is 10.1. The van der Waals surface area contributed by atoms with E-state index in [9.17, 15) is 0 Å². The van der Waals surface area contributed by atoms with E-state index in [-0.39, 0.29) is 6.10 Å². The van der Waals surface area contributed by atoms with Crippen molar-refractivity contribution in [2.24, 2.45) is 5.92 Å². The molecule has 2 aromatic rings. The van der Waals surface area contributed by atoms with E-state index in [1.54, 1.807) is 0 Å². The summed E-state index contributed by atoms with van der Waals surface area (Å²) in [5.41, 5.74) is 3.74. The standard InChI is InChI=1S/C18H20N4O/c1-13-9-15(7-6-14-4-5-14)10-19-18(13)17-12-22(21-20-17)11-16-3-2-8-23-16/h9-10,12,14,16H,2-5,8,11H2,1H3. The highest BCUT2D eigenvalue weighted by Crippen LogP contribution is 2.27. The van der Waals surface area contributed by atoms with Gasteiger partial charge in [-0.3, -0.25) is 4.98 Å². The predicted molar refractivity (Wildman–Crippen MR) is 86.6 cm³/mol. The van der Waals surface area contributed by atoms with E-state index in [1.807, 2.05) is 24.0 Å². The van der Waals surface area contributed by atoms with E-state index in [1.165, 1.54) is 12.8 Å². The molecule has 2 fully saturated rings. The van der Waals surface area contributed by atoms with Crippen LogP contribution in [-0.4, -0.2) is 32.7 Å². The Balaban J connectivity index is 1.51. The molecule has 0 aromatic carbocycles. The first-order valence-electron chi connectivity index (χ1n) is 8.28. The number of ether oxygens (including phenoxy) is 1. The van der Waals surface area contributed by atoms with Crippen molar-refractivity contribution in [3.63, 3.8) is 0 Å². The van der Waals surface area contributed by atoms with Gasteiger partial charge in [0.25, 0.3) is 0 Å². The molecule has 1 atom stereocenters. The summed E-state index contributed by atoms with van der Waals surface area (Å²) in [6.07, 6.45) is 8.76. The van der Waals surface area contributed by atoms with Crippen molar-refractivity contribution >= 4 is 0 Å². The van der Waals surface area contributed by atoms with E-state index >= 15 is 0 Å². The quantitative estimate of drug-likeness (QED) is 0.818. The van der Waals surface area contributed by atoms with Crippen LogP contribution in [0.4, 0.5) is 0 Å². The number of aryl methyl sites for hydroxylation is 1. The van der Waals surface area contributed by atoms with Crippen LogP contribution in [0, 0.1) is 24.7 Å². The van der Waals surface area contributed by atoms with Crippen molar-refractivity contribution in [3.8, 4) is 23.2 Å². The summed E-state index contributed by atoms with van der Waals surface area (Å²) in [7, 11) is 0. The van der Waals surface area contributed by atoms with Crippen LogP contribution in [0.25, 0.3) is 11.4 Å². The van der Waals surface area contributed by atoms with Gasteiger partial charge in [0.2, 0.25) is 0 Å². The fourth-order valence-electron chi connectivity index (χ4n) is 2.82. The molecular weight excluding hydrogens is 288 g/mol. The second-order valence-corrected chi connectivity index (χ2v) is 6.39. The highest BCUT2D eigenvalue weighted by atomic mass is 16.5. The van der Waals surface area contributed by atoms with Gasteiger partial charge in [-0.25, -0.2) is 4.68 Å². The van der Waals surface area contributed by atoms with Crippen LogP contribution in [-0.2, 0) is 11.3 Å². The van der Waals surface area contributed by atoms with Gasteiger partial charge in [-0.1, -0.05) is 17.1 Å². The lowest BCUT2D eigenvalue weighted by Gasteiger charge is -2.07. The zero-order chi connectivity index (χ0) is 15.6. The Morgan fingerprint density at radius 1 is 1.35 bits per heavy atom. The Hall–Kier alpha value is -2.19. The van der Waals surface area contributed by atoms with Crippen LogP contribution in [0.5, 0.6) is 0 Å². The van der Waals surface area contributed by atoms with Crippen molar-refractivity contribution in [1.29, 1.82) is 0 Å². The van der Waals surface area contributed by atoms with Crippen LogP contribution < -0.4 is 0 Å². The highest BCUT2D eigenvalue weighted by molar-refractivity contribution is 5.58. The predicted octanol–water partition coefficient (Wildman–Crippen LogP) is 2.59. The Morgan fingerprint density at radius 2 is 2.26 bits per heavy atom. The molecule has 1 aliphatic carbocycles. The number of pyridine rings is 1. The molecule has 0 amide bonds. The summed E-state index contributed by atoms with van der Waals surface area (Å²) in [5.74, 6) is 7.08. The fourth-order valence-corrected chi connectivity index (χ4v) is 2.82. The summed E-state index contributed by atoms with van der Waals surface area (Å²) >= 11 is 0. The van der Waals surface area contributed by atoms with Crippen molar-refractivity contribution in [1.82, 2.24) is 20.0 Å². The molecule has 118 valence electrons. The third-order valence-corrected chi connectivity index (χ3v) is 4.27. The maximum atomic E-state index is 5.64. The van der Waals surface area contributed by atoms with Crippen molar-refractivity contribution in [2.45, 2.75) is 45.3 Å². The average Bonchev–Trinajstić information content (AvgIpc) is 3.03. The third-order valence-electron chi connectivity index (χ3n) is 4.27. The topological polar surface area (TPSA) is 52.8 Å². The van der Waals surface area contributed by atoms with Crippen molar-refractivity contribution < 1.29 is 4.74 Å².